The molecule has 1 aliphatic heterocycles. The van der Waals surface area contributed by atoms with Crippen molar-refractivity contribution in [2.75, 3.05) is 26.2 Å². The lowest BCUT2D eigenvalue weighted by molar-refractivity contribution is 0.166. The standard InChI is InChI=1S/C16H24F2N2/c1-3-20(11-13-6-8-19-9-7-13)12(2)15-10-14(17)4-5-16(15)18/h4-5,10,12-13,19H,3,6-9,11H2,1-2H3. The summed E-state index contributed by atoms with van der Waals surface area (Å²) in [5.74, 6) is -0.0379. The molecule has 0 aromatic heterocycles. The fourth-order valence-electron chi connectivity index (χ4n) is 2.99. The Morgan fingerprint density at radius 3 is 2.65 bits per heavy atom. The maximum Gasteiger partial charge on any atom is 0.128 e. The van der Waals surface area contributed by atoms with E-state index in [9.17, 15) is 8.78 Å². The smallest absolute Gasteiger partial charge is 0.128 e. The summed E-state index contributed by atoms with van der Waals surface area (Å²) < 4.78 is 27.2. The molecule has 1 fully saturated rings. The van der Waals surface area contributed by atoms with Gasteiger partial charge in [-0.2, -0.15) is 0 Å². The number of piperidine rings is 1. The van der Waals surface area contributed by atoms with E-state index in [0.717, 1.165) is 39.0 Å². The molecule has 0 saturated carbocycles. The quantitative estimate of drug-likeness (QED) is 0.891. The van der Waals surface area contributed by atoms with Gasteiger partial charge in [0, 0.05) is 18.2 Å². The summed E-state index contributed by atoms with van der Waals surface area (Å²) in [5.41, 5.74) is 0.459. The summed E-state index contributed by atoms with van der Waals surface area (Å²) in [5, 5.41) is 3.36. The van der Waals surface area contributed by atoms with Gasteiger partial charge >= 0.3 is 0 Å². The van der Waals surface area contributed by atoms with Crippen molar-refractivity contribution in [2.45, 2.75) is 32.7 Å². The van der Waals surface area contributed by atoms with Gasteiger partial charge in [0.1, 0.15) is 11.6 Å². The van der Waals surface area contributed by atoms with Crippen LogP contribution in [-0.4, -0.2) is 31.1 Å². The lowest BCUT2D eigenvalue weighted by Gasteiger charge is -2.33. The Balaban J connectivity index is 2.07. The summed E-state index contributed by atoms with van der Waals surface area (Å²) >= 11 is 0. The summed E-state index contributed by atoms with van der Waals surface area (Å²) in [6.07, 6.45) is 2.32. The number of rotatable bonds is 5. The molecule has 4 heteroatoms. The van der Waals surface area contributed by atoms with E-state index in [4.69, 9.17) is 0 Å². The first kappa shape index (κ1) is 15.4. The molecule has 1 N–H and O–H groups in total. The molecule has 1 aliphatic rings. The van der Waals surface area contributed by atoms with Crippen LogP contribution in [0.25, 0.3) is 0 Å². The first-order valence-corrected chi connectivity index (χ1v) is 7.51. The Kier molecular flexibility index (Phi) is 5.49. The van der Waals surface area contributed by atoms with Crippen LogP contribution in [0.5, 0.6) is 0 Å². The Labute approximate surface area is 120 Å². The summed E-state index contributed by atoms with van der Waals surface area (Å²) in [4.78, 5) is 2.24. The molecule has 112 valence electrons. The van der Waals surface area contributed by atoms with E-state index >= 15 is 0 Å². The van der Waals surface area contributed by atoms with Crippen LogP contribution in [0.2, 0.25) is 0 Å². The molecule has 1 atom stereocenters. The maximum absolute atomic E-state index is 13.9. The molecular formula is C16H24F2N2. The topological polar surface area (TPSA) is 15.3 Å². The zero-order chi connectivity index (χ0) is 14.5. The van der Waals surface area contributed by atoms with Crippen LogP contribution in [0.15, 0.2) is 18.2 Å². The second-order valence-electron chi connectivity index (χ2n) is 5.62. The molecule has 0 bridgehead atoms. The number of nitrogens with one attached hydrogen (secondary N) is 1. The molecule has 1 aromatic carbocycles. The molecule has 1 saturated heterocycles. The highest BCUT2D eigenvalue weighted by molar-refractivity contribution is 5.22. The monoisotopic (exact) mass is 282 g/mol. The molecule has 0 amide bonds. The van der Waals surface area contributed by atoms with E-state index in [1.165, 1.54) is 18.2 Å². The van der Waals surface area contributed by atoms with Crippen molar-refractivity contribution in [3.63, 3.8) is 0 Å². The molecule has 20 heavy (non-hydrogen) atoms. The Bertz CT molecular complexity index is 430. The maximum atomic E-state index is 13.9. The lowest BCUT2D eigenvalue weighted by atomic mass is 9.96. The van der Waals surface area contributed by atoms with Crippen molar-refractivity contribution >= 4 is 0 Å². The number of benzene rings is 1. The van der Waals surface area contributed by atoms with Crippen LogP contribution in [0.1, 0.15) is 38.3 Å². The Morgan fingerprint density at radius 2 is 2.00 bits per heavy atom. The van der Waals surface area contributed by atoms with Gasteiger partial charge in [-0.15, -0.1) is 0 Å². The van der Waals surface area contributed by atoms with Gasteiger partial charge < -0.3 is 5.32 Å². The van der Waals surface area contributed by atoms with Crippen molar-refractivity contribution < 1.29 is 8.78 Å². The highest BCUT2D eigenvalue weighted by Gasteiger charge is 2.22. The molecule has 2 nitrogen and oxygen atoms in total. The van der Waals surface area contributed by atoms with Crippen LogP contribution >= 0.6 is 0 Å². The number of nitrogens with zero attached hydrogens (tertiary/aromatic N) is 1. The zero-order valence-electron chi connectivity index (χ0n) is 12.3. The van der Waals surface area contributed by atoms with Crippen LogP contribution in [0, 0.1) is 17.6 Å². The molecule has 2 rings (SSSR count). The number of halogens is 2. The zero-order valence-corrected chi connectivity index (χ0v) is 12.3. The average Bonchev–Trinajstić information content (AvgIpc) is 2.47. The van der Waals surface area contributed by atoms with Crippen LogP contribution in [0.4, 0.5) is 8.78 Å². The lowest BCUT2D eigenvalue weighted by Crippen LogP contribution is -2.37. The van der Waals surface area contributed by atoms with E-state index in [2.05, 4.69) is 17.1 Å². The first-order chi connectivity index (χ1) is 9.61. The summed E-state index contributed by atoms with van der Waals surface area (Å²) in [6.45, 7) is 7.96. The van der Waals surface area contributed by atoms with Crippen molar-refractivity contribution in [3.05, 3.63) is 35.4 Å². The molecule has 0 aliphatic carbocycles. The molecule has 1 aromatic rings. The fraction of sp³-hybridized carbons (Fsp3) is 0.625. The Morgan fingerprint density at radius 1 is 1.30 bits per heavy atom. The summed E-state index contributed by atoms with van der Waals surface area (Å²) in [6, 6.07) is 3.63. The number of hydrogen-bond donors (Lipinski definition) is 1. The number of hydrogen-bond acceptors (Lipinski definition) is 2. The Hall–Kier alpha value is -1.00. The van der Waals surface area contributed by atoms with Gasteiger partial charge in [-0.05, 0) is 63.5 Å². The van der Waals surface area contributed by atoms with Crippen LogP contribution in [-0.2, 0) is 0 Å². The third-order valence-corrected chi connectivity index (χ3v) is 4.31. The van der Waals surface area contributed by atoms with Crippen molar-refractivity contribution in [3.8, 4) is 0 Å². The molecule has 0 spiro atoms. The van der Waals surface area contributed by atoms with Gasteiger partial charge in [-0.25, -0.2) is 8.78 Å². The van der Waals surface area contributed by atoms with E-state index in [-0.39, 0.29) is 17.7 Å². The third kappa shape index (κ3) is 3.76. The average molecular weight is 282 g/mol. The fourth-order valence-corrected chi connectivity index (χ4v) is 2.99. The molecular weight excluding hydrogens is 258 g/mol. The SMILES string of the molecule is CCN(CC1CCNCC1)C(C)c1cc(F)ccc1F. The molecule has 0 radical (unpaired) electrons. The predicted octanol–water partition coefficient (Wildman–Crippen LogP) is 3.35. The van der Waals surface area contributed by atoms with E-state index in [1.54, 1.807) is 0 Å². The first-order valence-electron chi connectivity index (χ1n) is 7.51. The minimum Gasteiger partial charge on any atom is -0.317 e. The van der Waals surface area contributed by atoms with Crippen molar-refractivity contribution in [2.24, 2.45) is 5.92 Å². The largest absolute Gasteiger partial charge is 0.317 e. The summed E-state index contributed by atoms with van der Waals surface area (Å²) in [7, 11) is 0. The van der Waals surface area contributed by atoms with E-state index < -0.39 is 0 Å². The van der Waals surface area contributed by atoms with Crippen molar-refractivity contribution in [1.82, 2.24) is 10.2 Å². The van der Waals surface area contributed by atoms with Crippen LogP contribution < -0.4 is 5.32 Å². The van der Waals surface area contributed by atoms with Gasteiger partial charge in [-0.1, -0.05) is 6.92 Å². The molecule has 1 unspecified atom stereocenters. The van der Waals surface area contributed by atoms with Gasteiger partial charge in [0.2, 0.25) is 0 Å². The second-order valence-corrected chi connectivity index (χ2v) is 5.62. The van der Waals surface area contributed by atoms with Gasteiger partial charge in [0.25, 0.3) is 0 Å². The second kappa shape index (κ2) is 7.14. The molecule has 1 heterocycles. The van der Waals surface area contributed by atoms with Gasteiger partial charge in [-0.3, -0.25) is 4.90 Å². The predicted molar refractivity (Wildman–Crippen MR) is 77.6 cm³/mol. The minimum absolute atomic E-state index is 0.0921. The van der Waals surface area contributed by atoms with Crippen LogP contribution in [0.3, 0.4) is 0 Å². The normalized spacial score (nSPS) is 18.4. The van der Waals surface area contributed by atoms with E-state index in [1.807, 2.05) is 6.92 Å². The minimum atomic E-state index is -0.369. The third-order valence-electron chi connectivity index (χ3n) is 4.31. The van der Waals surface area contributed by atoms with Gasteiger partial charge in [0.15, 0.2) is 0 Å². The highest BCUT2D eigenvalue weighted by Crippen LogP contribution is 2.26. The van der Waals surface area contributed by atoms with Gasteiger partial charge in [0.05, 0.1) is 0 Å². The highest BCUT2D eigenvalue weighted by atomic mass is 19.1. The van der Waals surface area contributed by atoms with E-state index in [0.29, 0.717) is 11.5 Å². The van der Waals surface area contributed by atoms with Crippen molar-refractivity contribution in [1.29, 1.82) is 0 Å².